The molecule has 0 atom stereocenters. The first-order valence-corrected chi connectivity index (χ1v) is 4.67. The number of carbonyl (C=O) groups is 1. The zero-order valence-electron chi connectivity index (χ0n) is 9.37. The summed E-state index contributed by atoms with van der Waals surface area (Å²) >= 11 is 0. The van der Waals surface area contributed by atoms with E-state index in [2.05, 4.69) is 0 Å². The van der Waals surface area contributed by atoms with Crippen molar-refractivity contribution in [2.75, 3.05) is 0 Å². The maximum absolute atomic E-state index is 11.9. The van der Waals surface area contributed by atoms with Crippen molar-refractivity contribution in [3.8, 4) is 5.75 Å². The van der Waals surface area contributed by atoms with Gasteiger partial charge in [0.15, 0.2) is 11.5 Å². The molecule has 1 rings (SSSR count). The average molecular weight is 209 g/mol. The lowest BCUT2D eigenvalue weighted by Crippen LogP contribution is -2.27. The quantitative estimate of drug-likeness (QED) is 0.709. The Kier molecular flexibility index (Phi) is 2.71. The Morgan fingerprint density at radius 1 is 1.33 bits per heavy atom. The zero-order chi connectivity index (χ0) is 11.8. The van der Waals surface area contributed by atoms with Gasteiger partial charge in [0.1, 0.15) is 0 Å². The lowest BCUT2D eigenvalue weighted by Gasteiger charge is -2.16. The minimum atomic E-state index is -0.625. The number of aryl methyl sites for hydroxylation is 1. The van der Waals surface area contributed by atoms with E-state index in [1.807, 2.05) is 0 Å². The maximum Gasteiger partial charge on any atom is 0.233 e. The van der Waals surface area contributed by atoms with Crippen LogP contribution in [0.15, 0.2) is 17.2 Å². The minimum Gasteiger partial charge on any atom is -0.503 e. The second-order valence-corrected chi connectivity index (χ2v) is 4.63. The molecule has 0 unspecified atom stereocenters. The van der Waals surface area contributed by atoms with Gasteiger partial charge in [-0.15, -0.1) is 0 Å². The van der Waals surface area contributed by atoms with Gasteiger partial charge in [0, 0.05) is 24.9 Å². The number of carbonyl (C=O) groups excluding carboxylic acids is 1. The number of aromatic nitrogens is 1. The zero-order valence-corrected chi connectivity index (χ0v) is 9.37. The van der Waals surface area contributed by atoms with Crippen LogP contribution in [0.3, 0.4) is 0 Å². The van der Waals surface area contributed by atoms with Crippen molar-refractivity contribution in [2.24, 2.45) is 12.5 Å². The smallest absolute Gasteiger partial charge is 0.233 e. The fourth-order valence-electron chi connectivity index (χ4n) is 1.25. The van der Waals surface area contributed by atoms with E-state index in [-0.39, 0.29) is 11.3 Å². The summed E-state index contributed by atoms with van der Waals surface area (Å²) in [6, 6.07) is 0. The van der Waals surface area contributed by atoms with Crippen molar-refractivity contribution in [3.63, 3.8) is 0 Å². The third-order valence-electron chi connectivity index (χ3n) is 2.06. The van der Waals surface area contributed by atoms with Crippen LogP contribution >= 0.6 is 0 Å². The van der Waals surface area contributed by atoms with E-state index in [1.165, 1.54) is 17.0 Å². The summed E-state index contributed by atoms with van der Waals surface area (Å²) < 4.78 is 1.50. The number of nitrogens with zero attached hydrogens (tertiary/aromatic N) is 1. The Bertz CT molecular complexity index is 452. The van der Waals surface area contributed by atoms with Crippen LogP contribution in [-0.2, 0) is 7.05 Å². The van der Waals surface area contributed by atoms with Crippen molar-refractivity contribution in [2.45, 2.75) is 20.8 Å². The number of pyridine rings is 1. The van der Waals surface area contributed by atoms with Crippen LogP contribution in [0.25, 0.3) is 0 Å². The molecule has 4 heteroatoms. The van der Waals surface area contributed by atoms with E-state index < -0.39 is 16.6 Å². The van der Waals surface area contributed by atoms with Gasteiger partial charge < -0.3 is 9.67 Å². The Labute approximate surface area is 88.2 Å². The van der Waals surface area contributed by atoms with Crippen LogP contribution in [0.1, 0.15) is 31.1 Å². The van der Waals surface area contributed by atoms with Crippen molar-refractivity contribution in [1.29, 1.82) is 0 Å². The van der Waals surface area contributed by atoms with Crippen molar-refractivity contribution >= 4 is 5.78 Å². The third kappa shape index (κ3) is 2.26. The molecule has 0 aromatic carbocycles. The van der Waals surface area contributed by atoms with Gasteiger partial charge in [-0.3, -0.25) is 9.59 Å². The van der Waals surface area contributed by atoms with Gasteiger partial charge in [-0.1, -0.05) is 20.8 Å². The molecule has 1 heterocycles. The highest BCUT2D eigenvalue weighted by Gasteiger charge is 2.26. The molecule has 0 saturated heterocycles. The Morgan fingerprint density at radius 2 is 1.87 bits per heavy atom. The number of hydrogen-bond donors (Lipinski definition) is 1. The second-order valence-electron chi connectivity index (χ2n) is 4.63. The lowest BCUT2D eigenvalue weighted by molar-refractivity contribution is 0.0856. The molecular weight excluding hydrogens is 194 g/mol. The van der Waals surface area contributed by atoms with Crippen LogP contribution in [0, 0.1) is 5.41 Å². The van der Waals surface area contributed by atoms with Gasteiger partial charge in [0.05, 0.1) is 5.56 Å². The standard InChI is InChI=1S/C11H15NO3/c1-11(2,3)10(15)7-5-12(4)6-8(13)9(7)14/h5-6,13H,1-4H3. The highest BCUT2D eigenvalue weighted by atomic mass is 16.3. The number of aromatic hydroxyl groups is 1. The van der Waals surface area contributed by atoms with Gasteiger partial charge >= 0.3 is 0 Å². The fourth-order valence-corrected chi connectivity index (χ4v) is 1.25. The highest BCUT2D eigenvalue weighted by Crippen LogP contribution is 2.19. The summed E-state index contributed by atoms with van der Waals surface area (Å²) in [5.41, 5.74) is -1.20. The number of rotatable bonds is 1. The monoisotopic (exact) mass is 209 g/mol. The summed E-state index contributed by atoms with van der Waals surface area (Å²) in [5.74, 6) is -0.661. The summed E-state index contributed by atoms with van der Waals surface area (Å²) in [7, 11) is 1.65. The average Bonchev–Trinajstić information content (AvgIpc) is 2.08. The molecular formula is C11H15NO3. The molecule has 0 saturated carbocycles. The molecule has 1 N–H and O–H groups in total. The minimum absolute atomic E-state index is 0.0324. The number of hydrogen-bond acceptors (Lipinski definition) is 3. The van der Waals surface area contributed by atoms with E-state index in [0.29, 0.717) is 0 Å². The fraction of sp³-hybridized carbons (Fsp3) is 0.455. The first kappa shape index (κ1) is 11.5. The van der Waals surface area contributed by atoms with Crippen molar-refractivity contribution in [1.82, 2.24) is 4.57 Å². The van der Waals surface area contributed by atoms with Crippen LogP contribution in [0.4, 0.5) is 0 Å². The van der Waals surface area contributed by atoms with E-state index in [1.54, 1.807) is 27.8 Å². The van der Waals surface area contributed by atoms with Gasteiger partial charge in [-0.25, -0.2) is 0 Å². The molecule has 0 aliphatic heterocycles. The lowest BCUT2D eigenvalue weighted by atomic mass is 9.87. The maximum atomic E-state index is 11.9. The SMILES string of the molecule is Cn1cc(O)c(=O)c(C(=O)C(C)(C)C)c1. The van der Waals surface area contributed by atoms with E-state index in [9.17, 15) is 14.7 Å². The van der Waals surface area contributed by atoms with Crippen LogP contribution in [0.5, 0.6) is 5.75 Å². The molecule has 82 valence electrons. The molecule has 0 amide bonds. The van der Waals surface area contributed by atoms with Crippen LogP contribution < -0.4 is 5.43 Å². The molecule has 0 bridgehead atoms. The summed E-state index contributed by atoms with van der Waals surface area (Å²) in [4.78, 5) is 23.4. The molecule has 0 fully saturated rings. The van der Waals surface area contributed by atoms with Gasteiger partial charge in [-0.05, 0) is 0 Å². The predicted molar refractivity (Wildman–Crippen MR) is 57.1 cm³/mol. The summed E-state index contributed by atoms with van der Waals surface area (Å²) in [5, 5.41) is 9.31. The van der Waals surface area contributed by atoms with E-state index in [4.69, 9.17) is 0 Å². The van der Waals surface area contributed by atoms with Crippen LogP contribution in [0.2, 0.25) is 0 Å². The number of Topliss-reactive ketones (excluding diaryl/α,β-unsaturated/α-hetero) is 1. The summed E-state index contributed by atoms with van der Waals surface area (Å²) in [6.07, 6.45) is 2.72. The molecule has 15 heavy (non-hydrogen) atoms. The largest absolute Gasteiger partial charge is 0.503 e. The van der Waals surface area contributed by atoms with Gasteiger partial charge in [0.2, 0.25) is 5.43 Å². The molecule has 4 nitrogen and oxygen atoms in total. The molecule has 0 radical (unpaired) electrons. The topological polar surface area (TPSA) is 59.3 Å². The second kappa shape index (κ2) is 3.53. The molecule has 1 aromatic heterocycles. The Morgan fingerprint density at radius 3 is 2.33 bits per heavy atom. The van der Waals surface area contributed by atoms with Crippen molar-refractivity contribution < 1.29 is 9.90 Å². The van der Waals surface area contributed by atoms with Crippen LogP contribution in [-0.4, -0.2) is 15.5 Å². The van der Waals surface area contributed by atoms with Gasteiger partial charge in [0.25, 0.3) is 0 Å². The molecule has 0 aliphatic carbocycles. The summed E-state index contributed by atoms with van der Waals surface area (Å²) in [6.45, 7) is 5.20. The normalized spacial score (nSPS) is 11.5. The first-order chi connectivity index (χ1) is 6.73. The molecule has 0 aliphatic rings. The molecule has 1 aromatic rings. The third-order valence-corrected chi connectivity index (χ3v) is 2.06. The highest BCUT2D eigenvalue weighted by molar-refractivity contribution is 5.99. The van der Waals surface area contributed by atoms with Gasteiger partial charge in [-0.2, -0.15) is 0 Å². The Hall–Kier alpha value is -1.58. The predicted octanol–water partition coefficient (Wildman–Crippen LogP) is 1.32. The van der Waals surface area contributed by atoms with E-state index >= 15 is 0 Å². The number of ketones is 1. The first-order valence-electron chi connectivity index (χ1n) is 4.67. The molecule has 0 spiro atoms. The van der Waals surface area contributed by atoms with Crippen molar-refractivity contribution in [3.05, 3.63) is 28.2 Å². The van der Waals surface area contributed by atoms with E-state index in [0.717, 1.165) is 0 Å². The Balaban J connectivity index is 3.39.